The molecule has 6 nitrogen and oxygen atoms in total. The highest BCUT2D eigenvalue weighted by molar-refractivity contribution is 7.88. The van der Waals surface area contributed by atoms with Gasteiger partial charge in [0.05, 0.1) is 6.04 Å². The zero-order valence-electron chi connectivity index (χ0n) is 16.5. The molecule has 0 spiro atoms. The molecule has 1 aliphatic rings. The maximum absolute atomic E-state index is 12.7. The van der Waals surface area contributed by atoms with E-state index in [2.05, 4.69) is 9.50 Å². The number of alkyl halides is 3. The Bertz CT molecular complexity index is 1040. The number of rotatable bonds is 4. The SMILES string of the molecule is CC(=O)N1c2ccc(OS(=O)(=O)C(F)(F)F)cc2C(Nc2ccccc2)[C@@H](C)[C@@H]1C. The quantitative estimate of drug-likeness (QED) is 0.559. The molecule has 162 valence electrons. The lowest BCUT2D eigenvalue weighted by Gasteiger charge is -2.44. The Labute approximate surface area is 172 Å². The number of hydrogen-bond acceptors (Lipinski definition) is 5. The molecule has 0 radical (unpaired) electrons. The smallest absolute Gasteiger partial charge is 0.378 e. The number of benzene rings is 2. The van der Waals surface area contributed by atoms with Gasteiger partial charge in [-0.05, 0) is 37.3 Å². The highest BCUT2D eigenvalue weighted by Gasteiger charge is 2.49. The Balaban J connectivity index is 2.08. The summed E-state index contributed by atoms with van der Waals surface area (Å²) in [5, 5.41) is 3.33. The number of nitrogens with one attached hydrogen (secondary N) is 1. The third-order valence-corrected chi connectivity index (χ3v) is 6.19. The van der Waals surface area contributed by atoms with Gasteiger partial charge in [-0.3, -0.25) is 4.79 Å². The highest BCUT2D eigenvalue weighted by Crippen LogP contribution is 2.44. The molecule has 1 heterocycles. The zero-order chi connectivity index (χ0) is 22.3. The van der Waals surface area contributed by atoms with Crippen molar-refractivity contribution >= 4 is 27.4 Å². The molecule has 0 saturated heterocycles. The van der Waals surface area contributed by atoms with Crippen LogP contribution in [0.4, 0.5) is 24.5 Å². The number of hydrogen-bond donors (Lipinski definition) is 1. The predicted molar refractivity (Wildman–Crippen MR) is 107 cm³/mol. The minimum Gasteiger partial charge on any atom is -0.378 e. The first kappa shape index (κ1) is 21.9. The van der Waals surface area contributed by atoms with Crippen molar-refractivity contribution in [2.75, 3.05) is 10.2 Å². The van der Waals surface area contributed by atoms with Crippen molar-refractivity contribution in [2.24, 2.45) is 5.92 Å². The lowest BCUT2D eigenvalue weighted by atomic mass is 9.82. The van der Waals surface area contributed by atoms with Gasteiger partial charge in [0, 0.05) is 35.8 Å². The molecule has 0 aliphatic carbocycles. The van der Waals surface area contributed by atoms with Crippen molar-refractivity contribution in [1.82, 2.24) is 0 Å². The Hall–Kier alpha value is -2.75. The molecule has 2 aromatic carbocycles. The summed E-state index contributed by atoms with van der Waals surface area (Å²) >= 11 is 0. The number of para-hydroxylation sites is 1. The molecule has 3 rings (SSSR count). The van der Waals surface area contributed by atoms with Crippen LogP contribution in [0.5, 0.6) is 5.75 Å². The second-order valence-corrected chi connectivity index (χ2v) is 8.72. The van der Waals surface area contributed by atoms with Crippen molar-refractivity contribution in [3.05, 3.63) is 54.1 Å². The van der Waals surface area contributed by atoms with E-state index >= 15 is 0 Å². The van der Waals surface area contributed by atoms with Crippen LogP contribution in [0, 0.1) is 5.92 Å². The molecular formula is C20H21F3N2O4S. The van der Waals surface area contributed by atoms with E-state index in [1.165, 1.54) is 19.1 Å². The number of amides is 1. The lowest BCUT2D eigenvalue weighted by Crippen LogP contribution is -2.48. The molecule has 3 atom stereocenters. The third-order valence-electron chi connectivity index (χ3n) is 5.21. The van der Waals surface area contributed by atoms with Gasteiger partial charge in [0.15, 0.2) is 0 Å². The number of nitrogens with zero attached hydrogens (tertiary/aromatic N) is 1. The summed E-state index contributed by atoms with van der Waals surface area (Å²) in [6.07, 6.45) is 0. The van der Waals surface area contributed by atoms with Crippen molar-refractivity contribution in [3.8, 4) is 5.75 Å². The van der Waals surface area contributed by atoms with Gasteiger partial charge < -0.3 is 14.4 Å². The van der Waals surface area contributed by atoms with Gasteiger partial charge in [0.25, 0.3) is 0 Å². The van der Waals surface area contributed by atoms with Gasteiger partial charge in [-0.2, -0.15) is 21.6 Å². The van der Waals surface area contributed by atoms with E-state index in [1.54, 1.807) is 4.90 Å². The van der Waals surface area contributed by atoms with Crippen molar-refractivity contribution in [2.45, 2.75) is 38.4 Å². The van der Waals surface area contributed by atoms with Gasteiger partial charge in [-0.15, -0.1) is 0 Å². The van der Waals surface area contributed by atoms with Crippen molar-refractivity contribution in [1.29, 1.82) is 0 Å². The van der Waals surface area contributed by atoms with E-state index in [9.17, 15) is 26.4 Å². The fourth-order valence-electron chi connectivity index (χ4n) is 3.62. The fraction of sp³-hybridized carbons (Fsp3) is 0.350. The lowest BCUT2D eigenvalue weighted by molar-refractivity contribution is -0.117. The molecule has 2 aromatic rings. The van der Waals surface area contributed by atoms with Gasteiger partial charge >= 0.3 is 15.6 Å². The second kappa shape index (κ2) is 7.82. The molecule has 1 unspecified atom stereocenters. The van der Waals surface area contributed by atoms with E-state index in [0.29, 0.717) is 11.3 Å². The van der Waals surface area contributed by atoms with E-state index < -0.39 is 27.4 Å². The standard InChI is InChI=1S/C20H21F3N2O4S/c1-12-13(2)25(14(3)26)18-10-9-16(29-30(27,28)20(21,22)23)11-17(18)19(12)24-15-7-5-4-6-8-15/h4-13,19,24H,1-3H3/t12-,13-,19?/m0/s1. The zero-order valence-corrected chi connectivity index (χ0v) is 17.3. The summed E-state index contributed by atoms with van der Waals surface area (Å²) in [5.41, 5.74) is -3.82. The predicted octanol–water partition coefficient (Wildman–Crippen LogP) is 4.46. The van der Waals surface area contributed by atoms with Gasteiger partial charge in [-0.25, -0.2) is 0 Å². The van der Waals surface area contributed by atoms with E-state index in [-0.39, 0.29) is 17.9 Å². The molecule has 0 fully saturated rings. The summed E-state index contributed by atoms with van der Waals surface area (Å²) in [6.45, 7) is 5.19. The first-order valence-corrected chi connectivity index (χ1v) is 10.6. The van der Waals surface area contributed by atoms with Crippen LogP contribution >= 0.6 is 0 Å². The number of anilines is 2. The van der Waals surface area contributed by atoms with Crippen LogP contribution in [0.3, 0.4) is 0 Å². The van der Waals surface area contributed by atoms with Crippen molar-refractivity contribution < 1.29 is 30.6 Å². The Morgan fingerprint density at radius 3 is 2.30 bits per heavy atom. The molecule has 0 bridgehead atoms. The maximum atomic E-state index is 12.7. The molecule has 1 aliphatic heterocycles. The molecule has 0 saturated carbocycles. The maximum Gasteiger partial charge on any atom is 0.534 e. The van der Waals surface area contributed by atoms with Crippen molar-refractivity contribution in [3.63, 3.8) is 0 Å². The molecule has 30 heavy (non-hydrogen) atoms. The summed E-state index contributed by atoms with van der Waals surface area (Å²) in [6, 6.07) is 12.3. The number of fused-ring (bicyclic) bond motifs is 1. The molecule has 1 amide bonds. The Morgan fingerprint density at radius 1 is 1.10 bits per heavy atom. The number of carbonyl (C=O) groups is 1. The van der Waals surface area contributed by atoms with Crippen LogP contribution in [0.25, 0.3) is 0 Å². The average Bonchev–Trinajstić information content (AvgIpc) is 2.65. The minimum atomic E-state index is -5.81. The highest BCUT2D eigenvalue weighted by atomic mass is 32.2. The second-order valence-electron chi connectivity index (χ2n) is 7.18. The van der Waals surface area contributed by atoms with Crippen LogP contribution in [0.2, 0.25) is 0 Å². The molecule has 1 N–H and O–H groups in total. The molecule has 10 heteroatoms. The van der Waals surface area contributed by atoms with Crippen LogP contribution in [0.15, 0.2) is 48.5 Å². The van der Waals surface area contributed by atoms with Crippen LogP contribution in [-0.2, 0) is 14.9 Å². The third kappa shape index (κ3) is 4.09. The molecule has 0 aromatic heterocycles. The minimum absolute atomic E-state index is 0.143. The fourth-order valence-corrected chi connectivity index (χ4v) is 4.07. The first-order valence-electron chi connectivity index (χ1n) is 9.18. The molecular weight excluding hydrogens is 421 g/mol. The van der Waals surface area contributed by atoms with E-state index in [4.69, 9.17) is 0 Å². The topological polar surface area (TPSA) is 75.7 Å². The first-order chi connectivity index (χ1) is 13.9. The summed E-state index contributed by atoms with van der Waals surface area (Å²) < 4.78 is 65.3. The normalized spacial score (nSPS) is 21.7. The monoisotopic (exact) mass is 442 g/mol. The summed E-state index contributed by atoms with van der Waals surface area (Å²) in [7, 11) is -5.81. The van der Waals surface area contributed by atoms with Gasteiger partial charge in [-0.1, -0.05) is 25.1 Å². The van der Waals surface area contributed by atoms with E-state index in [0.717, 1.165) is 11.8 Å². The van der Waals surface area contributed by atoms with Gasteiger partial charge in [0.1, 0.15) is 5.75 Å². The van der Waals surface area contributed by atoms with E-state index in [1.807, 2.05) is 44.2 Å². The largest absolute Gasteiger partial charge is 0.534 e. The summed E-state index contributed by atoms with van der Waals surface area (Å²) in [5.74, 6) is -0.849. The van der Waals surface area contributed by atoms with Crippen LogP contribution in [-0.4, -0.2) is 25.9 Å². The summed E-state index contributed by atoms with van der Waals surface area (Å²) in [4.78, 5) is 13.8. The Morgan fingerprint density at radius 2 is 1.73 bits per heavy atom. The number of halogens is 3. The number of carbonyl (C=O) groups excluding carboxylic acids is 1. The Kier molecular flexibility index (Phi) is 5.72. The average molecular weight is 442 g/mol. The van der Waals surface area contributed by atoms with Crippen LogP contribution in [0.1, 0.15) is 32.4 Å². The van der Waals surface area contributed by atoms with Crippen LogP contribution < -0.4 is 14.4 Å². The van der Waals surface area contributed by atoms with Gasteiger partial charge in [0.2, 0.25) is 5.91 Å².